The van der Waals surface area contributed by atoms with Gasteiger partial charge in [0.15, 0.2) is 5.82 Å². The molecule has 0 aromatic rings. The van der Waals surface area contributed by atoms with E-state index in [1.807, 2.05) is 0 Å². The normalized spacial score (nSPS) is 7.00. The van der Waals surface area contributed by atoms with Crippen molar-refractivity contribution in [3.8, 4) is 0 Å². The quantitative estimate of drug-likeness (QED) is 0.343. The summed E-state index contributed by atoms with van der Waals surface area (Å²) in [7, 11) is 0. The van der Waals surface area contributed by atoms with Gasteiger partial charge in [0.25, 0.3) is 0 Å². The number of isocyanates is 2. The van der Waals surface area contributed by atoms with Crippen LogP contribution in [0.3, 0.4) is 0 Å². The Hall–Kier alpha value is -1.76. The fraction of sp³-hybridized carbons (Fsp3) is 0.143. The van der Waals surface area contributed by atoms with E-state index >= 15 is 0 Å². The molecule has 4 nitrogen and oxygen atoms in total. The molecule has 0 aliphatic heterocycles. The molecule has 0 aliphatic carbocycles. The first-order valence-electron chi connectivity index (χ1n) is 2.73. The summed E-state index contributed by atoms with van der Waals surface area (Å²) in [4.78, 5) is 25.7. The molecule has 0 spiro atoms. The average Bonchev–Trinajstić information content (AvgIpc) is 1.87. The van der Waals surface area contributed by atoms with Gasteiger partial charge in [0.05, 0.1) is 0 Å². The van der Waals surface area contributed by atoms with E-state index in [1.54, 1.807) is 6.92 Å². The van der Waals surface area contributed by atoms with Crippen LogP contribution in [0.2, 0.25) is 0 Å². The van der Waals surface area contributed by atoms with Gasteiger partial charge in [-0.3, -0.25) is 0 Å². The van der Waals surface area contributed by atoms with Crippen LogP contribution in [-0.2, 0) is 9.59 Å². The van der Waals surface area contributed by atoms with Gasteiger partial charge in [-0.2, -0.15) is 0 Å². The van der Waals surface area contributed by atoms with E-state index in [-0.39, 0.29) is 5.82 Å². The Morgan fingerprint density at radius 2 is 1.82 bits per heavy atom. The lowest BCUT2D eigenvalue weighted by Gasteiger charge is -1.85. The fourth-order valence-corrected chi connectivity index (χ4v) is 0.403. The first kappa shape index (κ1) is 9.24. The van der Waals surface area contributed by atoms with Crippen LogP contribution in [-0.4, -0.2) is 12.2 Å². The zero-order chi connectivity index (χ0) is 8.69. The van der Waals surface area contributed by atoms with E-state index < -0.39 is 0 Å². The van der Waals surface area contributed by atoms with Gasteiger partial charge in [-0.15, -0.1) is 9.98 Å². The smallest absolute Gasteiger partial charge is 0.211 e. The minimum absolute atomic E-state index is 0.0394. The fourth-order valence-electron chi connectivity index (χ4n) is 0.403. The minimum atomic E-state index is -0.0394. The third-order valence-electron chi connectivity index (χ3n) is 0.696. The zero-order valence-electron chi connectivity index (χ0n) is 6.00. The molecule has 0 radical (unpaired) electrons. The molecular weight excluding hydrogens is 144 g/mol. The summed E-state index contributed by atoms with van der Waals surface area (Å²) >= 11 is 0. The summed E-state index contributed by atoms with van der Waals surface area (Å²) < 4.78 is 0. The van der Waals surface area contributed by atoms with Crippen molar-refractivity contribution in [3.63, 3.8) is 0 Å². The van der Waals surface area contributed by atoms with E-state index in [1.165, 1.54) is 18.2 Å². The topological polar surface area (TPSA) is 58.9 Å². The largest absolute Gasteiger partial charge is 0.242 e. The highest BCUT2D eigenvalue weighted by molar-refractivity contribution is 5.42. The van der Waals surface area contributed by atoms with Gasteiger partial charge in [0.2, 0.25) is 12.2 Å². The van der Waals surface area contributed by atoms with E-state index in [4.69, 9.17) is 0 Å². The van der Waals surface area contributed by atoms with E-state index in [2.05, 4.69) is 16.6 Å². The van der Waals surface area contributed by atoms with Gasteiger partial charge in [-0.05, 0) is 13.0 Å². The van der Waals surface area contributed by atoms with Crippen LogP contribution in [0.15, 0.2) is 34.0 Å². The van der Waals surface area contributed by atoms with E-state index in [0.29, 0.717) is 5.57 Å². The third kappa shape index (κ3) is 4.73. The van der Waals surface area contributed by atoms with Crippen molar-refractivity contribution in [2.45, 2.75) is 6.92 Å². The Morgan fingerprint density at radius 1 is 1.36 bits per heavy atom. The molecule has 0 aromatic carbocycles. The molecule has 0 heterocycles. The Labute approximate surface area is 63.7 Å². The number of rotatable bonds is 3. The summed E-state index contributed by atoms with van der Waals surface area (Å²) in [5.41, 5.74) is 0.637. The number of hydrogen-bond donors (Lipinski definition) is 0. The van der Waals surface area contributed by atoms with Crippen molar-refractivity contribution in [1.82, 2.24) is 0 Å². The second-order valence-electron chi connectivity index (χ2n) is 1.76. The molecule has 0 atom stereocenters. The van der Waals surface area contributed by atoms with Crippen LogP contribution in [0, 0.1) is 0 Å². The standard InChI is InChI=1S/C7H6N2O2/c1-6(2)3-7(8-4-10)9-5-11/h3H,1H2,2H3. The van der Waals surface area contributed by atoms with Crippen LogP contribution in [0.4, 0.5) is 0 Å². The molecule has 0 N–H and O–H groups in total. The highest BCUT2D eigenvalue weighted by Gasteiger charge is 1.88. The van der Waals surface area contributed by atoms with Gasteiger partial charge in [0.1, 0.15) is 0 Å². The lowest BCUT2D eigenvalue weighted by molar-refractivity contribution is 0.563. The highest BCUT2D eigenvalue weighted by atomic mass is 16.1. The molecular formula is C7H6N2O2. The molecule has 0 saturated carbocycles. The molecule has 0 aliphatic rings. The van der Waals surface area contributed by atoms with Crippen molar-refractivity contribution in [3.05, 3.63) is 24.0 Å². The van der Waals surface area contributed by atoms with Crippen molar-refractivity contribution in [1.29, 1.82) is 0 Å². The van der Waals surface area contributed by atoms with Crippen LogP contribution in [0.1, 0.15) is 6.92 Å². The number of aliphatic imine (C=N–C) groups is 2. The van der Waals surface area contributed by atoms with Crippen molar-refractivity contribution in [2.24, 2.45) is 9.98 Å². The average molecular weight is 150 g/mol. The summed E-state index contributed by atoms with van der Waals surface area (Å²) in [6, 6.07) is 0. The van der Waals surface area contributed by atoms with E-state index in [9.17, 15) is 9.59 Å². The number of hydrogen-bond acceptors (Lipinski definition) is 4. The number of carbonyl (C=O) groups excluding carboxylic acids is 2. The van der Waals surface area contributed by atoms with Gasteiger partial charge in [-0.25, -0.2) is 9.59 Å². The molecule has 4 heteroatoms. The van der Waals surface area contributed by atoms with Gasteiger partial charge >= 0.3 is 0 Å². The van der Waals surface area contributed by atoms with Crippen LogP contribution >= 0.6 is 0 Å². The predicted molar refractivity (Wildman–Crippen MR) is 39.1 cm³/mol. The summed E-state index contributed by atoms with van der Waals surface area (Å²) in [5.74, 6) is -0.0394. The maximum absolute atomic E-state index is 9.72. The van der Waals surface area contributed by atoms with Crippen LogP contribution in [0.5, 0.6) is 0 Å². The lowest BCUT2D eigenvalue weighted by Crippen LogP contribution is -1.73. The molecule has 0 rings (SSSR count). The summed E-state index contributed by atoms with van der Waals surface area (Å²) in [5, 5.41) is 0. The second-order valence-corrected chi connectivity index (χ2v) is 1.76. The molecule has 11 heavy (non-hydrogen) atoms. The molecule has 0 bridgehead atoms. The second kappa shape index (κ2) is 5.06. The maximum Gasteiger partial charge on any atom is 0.242 e. The third-order valence-corrected chi connectivity index (χ3v) is 0.696. The molecule has 0 fully saturated rings. The molecule has 0 unspecified atom stereocenters. The molecule has 56 valence electrons. The monoisotopic (exact) mass is 150 g/mol. The van der Waals surface area contributed by atoms with Crippen molar-refractivity contribution >= 4 is 12.2 Å². The predicted octanol–water partition coefficient (Wildman–Crippen LogP) is 1.08. The summed E-state index contributed by atoms with van der Waals surface area (Å²) in [6.07, 6.45) is 3.87. The Balaban J connectivity index is 4.72. The van der Waals surface area contributed by atoms with Crippen LogP contribution in [0.25, 0.3) is 0 Å². The Kier molecular flexibility index (Phi) is 4.25. The highest BCUT2D eigenvalue weighted by Crippen LogP contribution is 2.00. The number of allylic oxidation sites excluding steroid dienone is 2. The number of nitrogens with zero attached hydrogens (tertiary/aromatic N) is 2. The Morgan fingerprint density at radius 3 is 2.09 bits per heavy atom. The summed E-state index contributed by atoms with van der Waals surface area (Å²) in [6.45, 7) is 5.18. The van der Waals surface area contributed by atoms with Gasteiger partial charge < -0.3 is 0 Å². The van der Waals surface area contributed by atoms with Crippen LogP contribution < -0.4 is 0 Å². The van der Waals surface area contributed by atoms with Gasteiger partial charge in [0, 0.05) is 0 Å². The zero-order valence-corrected chi connectivity index (χ0v) is 6.00. The van der Waals surface area contributed by atoms with E-state index in [0.717, 1.165) is 0 Å². The molecule has 0 saturated heterocycles. The molecule has 0 amide bonds. The first-order valence-corrected chi connectivity index (χ1v) is 2.73. The van der Waals surface area contributed by atoms with Crippen molar-refractivity contribution in [2.75, 3.05) is 0 Å². The SMILES string of the molecule is C=C(C)C=C(N=C=O)N=C=O. The first-order chi connectivity index (χ1) is 5.20. The van der Waals surface area contributed by atoms with Gasteiger partial charge in [-0.1, -0.05) is 12.2 Å². The lowest BCUT2D eigenvalue weighted by atomic mass is 10.3. The maximum atomic E-state index is 9.72. The minimum Gasteiger partial charge on any atom is -0.211 e. The van der Waals surface area contributed by atoms with Crippen molar-refractivity contribution < 1.29 is 9.59 Å². The Bertz CT molecular complexity index is 259. The molecule has 0 aromatic heterocycles.